The van der Waals surface area contributed by atoms with Crippen LogP contribution in [0.2, 0.25) is 0 Å². The molecule has 1 aromatic carbocycles. The summed E-state index contributed by atoms with van der Waals surface area (Å²) in [5, 5.41) is 6.46. The van der Waals surface area contributed by atoms with Gasteiger partial charge in [-0.05, 0) is 18.2 Å². The van der Waals surface area contributed by atoms with Gasteiger partial charge in [-0.2, -0.15) is 5.10 Å². The molecule has 0 atom stereocenters. The van der Waals surface area contributed by atoms with Gasteiger partial charge in [-0.15, -0.1) is 0 Å². The fraction of sp³-hybridized carbons (Fsp3) is 0.167. The van der Waals surface area contributed by atoms with E-state index in [1.165, 1.54) is 23.0 Å². The van der Waals surface area contributed by atoms with Gasteiger partial charge in [0.25, 0.3) is 5.91 Å². The summed E-state index contributed by atoms with van der Waals surface area (Å²) < 4.78 is 24.3. The number of benzene rings is 1. The second-order valence-corrected chi connectivity index (χ2v) is 6.34. The fourth-order valence-corrected chi connectivity index (χ4v) is 2.29. The zero-order valence-electron chi connectivity index (χ0n) is 11.0. The number of nitrogens with two attached hydrogens (primary N) is 1. The highest BCUT2D eigenvalue weighted by Gasteiger charge is 2.14. The quantitative estimate of drug-likeness (QED) is 0.864. The summed E-state index contributed by atoms with van der Waals surface area (Å²) in [6.07, 6.45) is 2.46. The molecule has 0 saturated heterocycles. The van der Waals surface area contributed by atoms with E-state index < -0.39 is 15.7 Å². The summed E-state index contributed by atoms with van der Waals surface area (Å²) in [6, 6.07) is 6.00. The van der Waals surface area contributed by atoms with E-state index in [4.69, 9.17) is 5.73 Å². The number of aromatic nitrogens is 2. The van der Waals surface area contributed by atoms with Crippen LogP contribution in [0, 0.1) is 0 Å². The van der Waals surface area contributed by atoms with Crippen LogP contribution >= 0.6 is 0 Å². The third kappa shape index (κ3) is 2.80. The van der Waals surface area contributed by atoms with Crippen molar-refractivity contribution in [2.75, 3.05) is 17.3 Å². The second kappa shape index (κ2) is 4.97. The number of aryl methyl sites for hydroxylation is 1. The maximum absolute atomic E-state index is 12.0. The maximum Gasteiger partial charge on any atom is 0.261 e. The molecule has 0 unspecified atom stereocenters. The van der Waals surface area contributed by atoms with Gasteiger partial charge in [0.05, 0.1) is 11.1 Å². The number of carbonyl (C=O) groups excluding carboxylic acids is 1. The number of anilines is 2. The first-order valence-corrected chi connectivity index (χ1v) is 7.57. The summed E-state index contributed by atoms with van der Waals surface area (Å²) in [4.78, 5) is 12.1. The molecule has 0 aliphatic heterocycles. The molecule has 1 amide bonds. The minimum atomic E-state index is -3.32. The molecule has 2 aromatic rings. The molecule has 20 heavy (non-hydrogen) atoms. The third-order valence-electron chi connectivity index (χ3n) is 2.75. The number of carbonyl (C=O) groups is 1. The lowest BCUT2D eigenvalue weighted by Gasteiger charge is -2.06. The average Bonchev–Trinajstić information content (AvgIpc) is 2.69. The van der Waals surface area contributed by atoms with Crippen molar-refractivity contribution < 1.29 is 13.2 Å². The van der Waals surface area contributed by atoms with Gasteiger partial charge in [-0.3, -0.25) is 9.48 Å². The Morgan fingerprint density at radius 3 is 2.65 bits per heavy atom. The van der Waals surface area contributed by atoms with Crippen molar-refractivity contribution in [2.45, 2.75) is 4.90 Å². The SMILES string of the molecule is Cn1ncc(C(=O)Nc2cccc(S(C)(=O)=O)c2)c1N. The molecule has 106 valence electrons. The number of rotatable bonds is 3. The Hall–Kier alpha value is -2.35. The summed E-state index contributed by atoms with van der Waals surface area (Å²) in [6.45, 7) is 0. The van der Waals surface area contributed by atoms with E-state index in [-0.39, 0.29) is 16.3 Å². The lowest BCUT2D eigenvalue weighted by Crippen LogP contribution is -2.14. The molecule has 2 rings (SSSR count). The van der Waals surface area contributed by atoms with Crippen molar-refractivity contribution in [3.63, 3.8) is 0 Å². The molecule has 1 aromatic heterocycles. The molecular formula is C12H14N4O3S. The number of hydrogen-bond acceptors (Lipinski definition) is 5. The Kier molecular flexibility index (Phi) is 3.49. The van der Waals surface area contributed by atoms with Crippen LogP contribution in [0.5, 0.6) is 0 Å². The molecule has 0 spiro atoms. The van der Waals surface area contributed by atoms with Crippen molar-refractivity contribution in [1.82, 2.24) is 9.78 Å². The topological polar surface area (TPSA) is 107 Å². The van der Waals surface area contributed by atoms with Crippen LogP contribution in [0.1, 0.15) is 10.4 Å². The van der Waals surface area contributed by atoms with Gasteiger partial charge in [-0.25, -0.2) is 8.42 Å². The number of amides is 1. The summed E-state index contributed by atoms with van der Waals surface area (Å²) in [5.41, 5.74) is 6.31. The highest BCUT2D eigenvalue weighted by atomic mass is 32.2. The molecule has 0 aliphatic carbocycles. The number of sulfone groups is 1. The monoisotopic (exact) mass is 294 g/mol. The number of nitrogen functional groups attached to an aromatic ring is 1. The molecule has 8 heteroatoms. The van der Waals surface area contributed by atoms with Crippen LogP contribution in [0.15, 0.2) is 35.4 Å². The van der Waals surface area contributed by atoms with Crippen LogP contribution in [0.3, 0.4) is 0 Å². The van der Waals surface area contributed by atoms with E-state index in [1.807, 2.05) is 0 Å². The van der Waals surface area contributed by atoms with Gasteiger partial charge in [0.15, 0.2) is 9.84 Å². The molecule has 0 bridgehead atoms. The lowest BCUT2D eigenvalue weighted by molar-refractivity contribution is 0.102. The summed E-state index contributed by atoms with van der Waals surface area (Å²) in [7, 11) is -1.70. The minimum Gasteiger partial charge on any atom is -0.383 e. The van der Waals surface area contributed by atoms with Crippen molar-refractivity contribution >= 4 is 27.2 Å². The molecule has 0 radical (unpaired) electrons. The summed E-state index contributed by atoms with van der Waals surface area (Å²) in [5.74, 6) is -0.206. The van der Waals surface area contributed by atoms with E-state index in [0.29, 0.717) is 5.69 Å². The highest BCUT2D eigenvalue weighted by molar-refractivity contribution is 7.90. The Morgan fingerprint density at radius 2 is 2.10 bits per heavy atom. The number of nitrogens with one attached hydrogen (secondary N) is 1. The Balaban J connectivity index is 2.27. The molecule has 1 heterocycles. The molecule has 0 fully saturated rings. The molecule has 3 N–H and O–H groups in total. The van der Waals surface area contributed by atoms with E-state index in [9.17, 15) is 13.2 Å². The summed E-state index contributed by atoms with van der Waals surface area (Å²) >= 11 is 0. The van der Waals surface area contributed by atoms with Crippen LogP contribution < -0.4 is 11.1 Å². The van der Waals surface area contributed by atoms with Crippen LogP contribution in [0.25, 0.3) is 0 Å². The number of nitrogens with zero attached hydrogens (tertiary/aromatic N) is 2. The average molecular weight is 294 g/mol. The predicted octanol–water partition coefficient (Wildman–Crippen LogP) is 0.658. The smallest absolute Gasteiger partial charge is 0.261 e. The fourth-order valence-electron chi connectivity index (χ4n) is 1.62. The Bertz CT molecular complexity index is 765. The zero-order valence-corrected chi connectivity index (χ0v) is 11.8. The van der Waals surface area contributed by atoms with Gasteiger partial charge in [0.2, 0.25) is 0 Å². The lowest BCUT2D eigenvalue weighted by atomic mass is 10.2. The van der Waals surface area contributed by atoms with Crippen LogP contribution in [0.4, 0.5) is 11.5 Å². The molecule has 7 nitrogen and oxygen atoms in total. The zero-order chi connectivity index (χ0) is 14.9. The van der Waals surface area contributed by atoms with Crippen molar-refractivity contribution in [3.8, 4) is 0 Å². The third-order valence-corrected chi connectivity index (χ3v) is 3.86. The van der Waals surface area contributed by atoms with E-state index in [2.05, 4.69) is 10.4 Å². The second-order valence-electron chi connectivity index (χ2n) is 4.32. The largest absolute Gasteiger partial charge is 0.383 e. The first-order valence-electron chi connectivity index (χ1n) is 5.68. The normalized spacial score (nSPS) is 11.3. The maximum atomic E-state index is 12.0. The van der Waals surface area contributed by atoms with Gasteiger partial charge in [0, 0.05) is 19.0 Å². The van der Waals surface area contributed by atoms with Gasteiger partial charge < -0.3 is 11.1 Å². The van der Waals surface area contributed by atoms with E-state index in [1.54, 1.807) is 19.2 Å². The van der Waals surface area contributed by atoms with Crippen LogP contribution in [-0.2, 0) is 16.9 Å². The molecule has 0 saturated carbocycles. The van der Waals surface area contributed by atoms with Crippen molar-refractivity contribution in [3.05, 3.63) is 36.0 Å². The van der Waals surface area contributed by atoms with E-state index >= 15 is 0 Å². The predicted molar refractivity (Wildman–Crippen MR) is 75.1 cm³/mol. The molecular weight excluding hydrogens is 280 g/mol. The van der Waals surface area contributed by atoms with E-state index in [0.717, 1.165) is 6.26 Å². The van der Waals surface area contributed by atoms with Crippen molar-refractivity contribution in [1.29, 1.82) is 0 Å². The van der Waals surface area contributed by atoms with Crippen molar-refractivity contribution in [2.24, 2.45) is 7.05 Å². The van der Waals surface area contributed by atoms with Crippen LogP contribution in [-0.4, -0.2) is 30.4 Å². The van der Waals surface area contributed by atoms with Gasteiger partial charge >= 0.3 is 0 Å². The number of hydrogen-bond donors (Lipinski definition) is 2. The Morgan fingerprint density at radius 1 is 1.40 bits per heavy atom. The van der Waals surface area contributed by atoms with Gasteiger partial charge in [-0.1, -0.05) is 6.07 Å². The minimum absolute atomic E-state index is 0.134. The van der Waals surface area contributed by atoms with Gasteiger partial charge in [0.1, 0.15) is 11.4 Å². The molecule has 0 aliphatic rings. The first kappa shape index (κ1) is 14.1. The highest BCUT2D eigenvalue weighted by Crippen LogP contribution is 2.17. The first-order chi connectivity index (χ1) is 9.29. The Labute approximate surface area is 116 Å². The standard InChI is InChI=1S/C12H14N4O3S/c1-16-11(13)10(7-14-16)12(17)15-8-4-3-5-9(6-8)20(2,18)19/h3-7H,13H2,1-2H3,(H,15,17).